The maximum absolute atomic E-state index is 12.1. The van der Waals surface area contributed by atoms with Crippen molar-refractivity contribution in [3.63, 3.8) is 0 Å². The number of hydrogen-bond donors (Lipinski definition) is 0. The highest BCUT2D eigenvalue weighted by Crippen LogP contribution is 2.34. The minimum absolute atomic E-state index is 0.113. The zero-order valence-electron chi connectivity index (χ0n) is 10.6. The molecule has 1 aromatic heterocycles. The van der Waals surface area contributed by atoms with Gasteiger partial charge in [0.15, 0.2) is 5.13 Å². The number of fused-ring (bicyclic) bond motifs is 1. The summed E-state index contributed by atoms with van der Waals surface area (Å²) in [4.78, 5) is 18.1. The number of anilines is 1. The molecule has 0 N–H and O–H groups in total. The first-order chi connectivity index (χ1) is 9.82. The number of aromatic nitrogens is 1. The lowest BCUT2D eigenvalue weighted by molar-refractivity contribution is -0.117. The highest BCUT2D eigenvalue weighted by Gasteiger charge is 2.34. The number of nitrogens with zero attached hydrogens (tertiary/aromatic N) is 2. The predicted octanol–water partition coefficient (Wildman–Crippen LogP) is 2.98. The smallest absolute Gasteiger partial charge is 0.232 e. The molecule has 1 unspecified atom stereocenters. The molecular weight excluding hydrogens is 400 g/mol. The molecular formula is C12H10BrClN2O3S2. The number of benzene rings is 1. The molecule has 21 heavy (non-hydrogen) atoms. The molecule has 112 valence electrons. The molecule has 1 aliphatic heterocycles. The number of thiazole rings is 1. The SMILES string of the molecule is O=C1CC(CS(=O)(=O)Cl)CN1c1nc2cc(Br)ccc2s1. The van der Waals surface area contributed by atoms with Crippen LogP contribution in [0.3, 0.4) is 0 Å². The van der Waals surface area contributed by atoms with Crippen LogP contribution < -0.4 is 4.90 Å². The number of halogens is 2. The lowest BCUT2D eigenvalue weighted by Gasteiger charge is -2.12. The van der Waals surface area contributed by atoms with Gasteiger partial charge in [-0.2, -0.15) is 0 Å². The van der Waals surface area contributed by atoms with Gasteiger partial charge in [0.05, 0.1) is 16.0 Å². The summed E-state index contributed by atoms with van der Waals surface area (Å²) < 4.78 is 24.2. The standard InChI is InChI=1S/C12H10BrClN2O3S2/c13-8-1-2-10-9(4-8)15-12(20-10)16-5-7(3-11(16)17)6-21(14,18)19/h1-2,4,7H,3,5-6H2. The van der Waals surface area contributed by atoms with Crippen molar-refractivity contribution in [2.24, 2.45) is 5.92 Å². The molecule has 1 amide bonds. The Hall–Kier alpha value is -0.700. The van der Waals surface area contributed by atoms with Gasteiger partial charge in [0, 0.05) is 34.0 Å². The van der Waals surface area contributed by atoms with E-state index >= 15 is 0 Å². The molecule has 9 heteroatoms. The van der Waals surface area contributed by atoms with Gasteiger partial charge < -0.3 is 0 Å². The minimum Gasteiger partial charge on any atom is -0.288 e. The Kier molecular flexibility index (Phi) is 3.98. The Labute approximate surface area is 138 Å². The maximum Gasteiger partial charge on any atom is 0.232 e. The normalized spacial score (nSPS) is 19.6. The summed E-state index contributed by atoms with van der Waals surface area (Å²) >= 11 is 4.80. The maximum atomic E-state index is 12.1. The van der Waals surface area contributed by atoms with Crippen LogP contribution in [-0.4, -0.2) is 31.6 Å². The highest BCUT2D eigenvalue weighted by atomic mass is 79.9. The fourth-order valence-electron chi connectivity index (χ4n) is 2.36. The van der Waals surface area contributed by atoms with Crippen LogP contribution in [0, 0.1) is 5.92 Å². The van der Waals surface area contributed by atoms with Crippen molar-refractivity contribution in [1.82, 2.24) is 4.98 Å². The van der Waals surface area contributed by atoms with Gasteiger partial charge in [-0.25, -0.2) is 13.4 Å². The van der Waals surface area contributed by atoms with E-state index in [9.17, 15) is 13.2 Å². The lowest BCUT2D eigenvalue weighted by Crippen LogP contribution is -2.25. The van der Waals surface area contributed by atoms with E-state index < -0.39 is 9.05 Å². The van der Waals surface area contributed by atoms with Crippen LogP contribution in [-0.2, 0) is 13.8 Å². The summed E-state index contributed by atoms with van der Waals surface area (Å²) in [5, 5.41) is 0.600. The summed E-state index contributed by atoms with van der Waals surface area (Å²) in [5.41, 5.74) is 0.811. The Bertz CT molecular complexity index is 821. The first kappa shape index (κ1) is 15.2. The molecule has 0 aliphatic carbocycles. The lowest BCUT2D eigenvalue weighted by atomic mass is 10.1. The van der Waals surface area contributed by atoms with Crippen LogP contribution in [0.2, 0.25) is 0 Å². The van der Waals surface area contributed by atoms with Crippen molar-refractivity contribution < 1.29 is 13.2 Å². The van der Waals surface area contributed by atoms with Gasteiger partial charge in [0.1, 0.15) is 0 Å². The van der Waals surface area contributed by atoms with Crippen LogP contribution in [0.25, 0.3) is 10.2 Å². The molecule has 5 nitrogen and oxygen atoms in total. The van der Waals surface area contributed by atoms with Crippen LogP contribution in [0.4, 0.5) is 5.13 Å². The summed E-state index contributed by atoms with van der Waals surface area (Å²) in [5.74, 6) is -0.579. The predicted molar refractivity (Wildman–Crippen MR) is 87.4 cm³/mol. The van der Waals surface area contributed by atoms with E-state index in [0.717, 1.165) is 14.7 Å². The van der Waals surface area contributed by atoms with E-state index in [1.807, 2.05) is 18.2 Å². The van der Waals surface area contributed by atoms with Gasteiger partial charge in [0.25, 0.3) is 0 Å². The first-order valence-electron chi connectivity index (χ1n) is 6.10. The fourth-order valence-corrected chi connectivity index (χ4v) is 5.01. The second-order valence-corrected chi connectivity index (χ2v) is 9.63. The zero-order valence-corrected chi connectivity index (χ0v) is 14.6. The Balaban J connectivity index is 1.87. The highest BCUT2D eigenvalue weighted by molar-refractivity contribution is 9.10. The van der Waals surface area contributed by atoms with Crippen LogP contribution >= 0.6 is 37.9 Å². The van der Waals surface area contributed by atoms with Crippen LogP contribution in [0.15, 0.2) is 22.7 Å². The summed E-state index contributed by atoms with van der Waals surface area (Å²) in [6.07, 6.45) is 0.186. The second-order valence-electron chi connectivity index (χ2n) is 4.89. The summed E-state index contributed by atoms with van der Waals surface area (Å²) in [6, 6.07) is 5.73. The van der Waals surface area contributed by atoms with Crippen molar-refractivity contribution in [3.8, 4) is 0 Å². The van der Waals surface area contributed by atoms with E-state index in [4.69, 9.17) is 10.7 Å². The van der Waals surface area contributed by atoms with Crippen LogP contribution in [0.1, 0.15) is 6.42 Å². The molecule has 2 heterocycles. The Morgan fingerprint density at radius 3 is 2.95 bits per heavy atom. The van der Waals surface area contributed by atoms with Gasteiger partial charge >= 0.3 is 0 Å². The van der Waals surface area contributed by atoms with Gasteiger partial charge in [-0.05, 0) is 18.2 Å². The Morgan fingerprint density at radius 2 is 2.24 bits per heavy atom. The monoisotopic (exact) mass is 408 g/mol. The van der Waals surface area contributed by atoms with Gasteiger partial charge in [0.2, 0.25) is 15.0 Å². The van der Waals surface area contributed by atoms with E-state index in [1.54, 1.807) is 4.90 Å². The van der Waals surface area contributed by atoms with E-state index in [2.05, 4.69) is 20.9 Å². The molecule has 0 bridgehead atoms. The molecule has 0 radical (unpaired) electrons. The second kappa shape index (κ2) is 5.49. The fraction of sp³-hybridized carbons (Fsp3) is 0.333. The number of amides is 1. The molecule has 1 atom stereocenters. The van der Waals surface area contributed by atoms with E-state index in [0.29, 0.717) is 11.7 Å². The quantitative estimate of drug-likeness (QED) is 0.731. The molecule has 1 aliphatic rings. The first-order valence-corrected chi connectivity index (χ1v) is 10.2. The topological polar surface area (TPSA) is 67.3 Å². The number of rotatable bonds is 3. The minimum atomic E-state index is -3.60. The molecule has 1 aromatic carbocycles. The van der Waals surface area contributed by atoms with Crippen molar-refractivity contribution in [2.45, 2.75) is 6.42 Å². The molecule has 0 saturated carbocycles. The largest absolute Gasteiger partial charge is 0.288 e. The molecule has 0 spiro atoms. The van der Waals surface area contributed by atoms with Crippen molar-refractivity contribution in [3.05, 3.63) is 22.7 Å². The van der Waals surface area contributed by atoms with E-state index in [1.165, 1.54) is 11.3 Å². The van der Waals surface area contributed by atoms with Gasteiger partial charge in [-0.3, -0.25) is 9.69 Å². The third-order valence-electron chi connectivity index (χ3n) is 3.21. The molecule has 1 fully saturated rings. The van der Waals surface area contributed by atoms with Crippen LogP contribution in [0.5, 0.6) is 0 Å². The average molecular weight is 410 g/mol. The molecule has 3 rings (SSSR count). The summed E-state index contributed by atoms with van der Waals surface area (Å²) in [7, 11) is 1.66. The number of hydrogen-bond acceptors (Lipinski definition) is 5. The number of carbonyl (C=O) groups is 1. The van der Waals surface area contributed by atoms with E-state index in [-0.39, 0.29) is 24.0 Å². The molecule has 1 saturated heterocycles. The van der Waals surface area contributed by atoms with Crippen molar-refractivity contribution in [1.29, 1.82) is 0 Å². The van der Waals surface area contributed by atoms with Crippen molar-refractivity contribution in [2.75, 3.05) is 17.2 Å². The zero-order chi connectivity index (χ0) is 15.2. The van der Waals surface area contributed by atoms with Gasteiger partial charge in [-0.1, -0.05) is 27.3 Å². The average Bonchev–Trinajstić information content (AvgIpc) is 2.89. The summed E-state index contributed by atoms with van der Waals surface area (Å²) in [6.45, 7) is 0.339. The van der Waals surface area contributed by atoms with Gasteiger partial charge in [-0.15, -0.1) is 0 Å². The molecule has 2 aromatic rings. The third kappa shape index (κ3) is 3.39. The Morgan fingerprint density at radius 1 is 1.48 bits per heavy atom. The number of carbonyl (C=O) groups excluding carboxylic acids is 1. The third-order valence-corrected chi connectivity index (χ3v) is 6.01. The van der Waals surface area contributed by atoms with Crippen molar-refractivity contribution >= 4 is 68.3 Å².